The molecule has 0 aliphatic carbocycles. The number of likely N-dealkylation sites (N-methyl/N-ethyl adjacent to an activating group) is 1. The molecule has 2 heteroatoms. The molecular formula is C14H21NO. The minimum atomic E-state index is -0.182. The summed E-state index contributed by atoms with van der Waals surface area (Å²) in [6.45, 7) is 8.00. The molecule has 1 aromatic rings. The van der Waals surface area contributed by atoms with Crippen LogP contribution in [0.4, 0.5) is 0 Å². The van der Waals surface area contributed by atoms with Crippen LogP contribution in [0.2, 0.25) is 0 Å². The van der Waals surface area contributed by atoms with Gasteiger partial charge in [0, 0.05) is 0 Å². The molecule has 0 fully saturated rings. The predicted octanol–water partition coefficient (Wildman–Crippen LogP) is 2.97. The van der Waals surface area contributed by atoms with Gasteiger partial charge in [-0.1, -0.05) is 32.0 Å². The van der Waals surface area contributed by atoms with Gasteiger partial charge >= 0.3 is 0 Å². The molecule has 0 aliphatic rings. The Bertz CT molecular complexity index is 382. The summed E-state index contributed by atoms with van der Waals surface area (Å²) < 4.78 is 0. The van der Waals surface area contributed by atoms with Gasteiger partial charge < -0.3 is 5.32 Å². The summed E-state index contributed by atoms with van der Waals surface area (Å²) in [7, 11) is 1.83. The number of hydrogen-bond acceptors (Lipinski definition) is 2. The van der Waals surface area contributed by atoms with E-state index in [4.69, 9.17) is 0 Å². The minimum absolute atomic E-state index is 0.159. The van der Waals surface area contributed by atoms with Crippen molar-refractivity contribution in [1.29, 1.82) is 0 Å². The van der Waals surface area contributed by atoms with Crippen LogP contribution in [0.5, 0.6) is 0 Å². The van der Waals surface area contributed by atoms with Gasteiger partial charge in [0.1, 0.15) is 0 Å². The first kappa shape index (κ1) is 12.9. The summed E-state index contributed by atoms with van der Waals surface area (Å²) in [5.41, 5.74) is 3.54. The average Bonchev–Trinajstić information content (AvgIpc) is 2.20. The fraction of sp³-hybridized carbons (Fsp3) is 0.500. The smallest absolute Gasteiger partial charge is 0.151 e. The van der Waals surface area contributed by atoms with E-state index in [0.29, 0.717) is 5.92 Å². The van der Waals surface area contributed by atoms with Crippen molar-refractivity contribution in [1.82, 2.24) is 5.32 Å². The molecule has 0 spiro atoms. The Hall–Kier alpha value is -1.15. The molecule has 1 N–H and O–H groups in total. The van der Waals surface area contributed by atoms with Crippen LogP contribution in [0.15, 0.2) is 18.2 Å². The molecule has 0 radical (unpaired) electrons. The summed E-state index contributed by atoms with van der Waals surface area (Å²) in [6, 6.07) is 6.19. The lowest BCUT2D eigenvalue weighted by Gasteiger charge is -2.18. The quantitative estimate of drug-likeness (QED) is 0.843. The second kappa shape index (κ2) is 5.26. The number of hydrogen-bond donors (Lipinski definition) is 1. The van der Waals surface area contributed by atoms with E-state index < -0.39 is 0 Å². The maximum Gasteiger partial charge on any atom is 0.151 e. The number of nitrogens with one attached hydrogen (secondary N) is 1. The first-order valence-corrected chi connectivity index (χ1v) is 5.75. The second-order valence-electron chi connectivity index (χ2n) is 4.60. The van der Waals surface area contributed by atoms with Gasteiger partial charge in [0.25, 0.3) is 0 Å². The highest BCUT2D eigenvalue weighted by Crippen LogP contribution is 2.23. The van der Waals surface area contributed by atoms with Gasteiger partial charge in [-0.15, -0.1) is 0 Å². The number of aryl methyl sites for hydroxylation is 1. The van der Waals surface area contributed by atoms with E-state index in [0.717, 1.165) is 5.56 Å². The van der Waals surface area contributed by atoms with E-state index in [1.54, 1.807) is 6.92 Å². The third kappa shape index (κ3) is 2.70. The van der Waals surface area contributed by atoms with Crippen molar-refractivity contribution in [2.45, 2.75) is 39.7 Å². The summed E-state index contributed by atoms with van der Waals surface area (Å²) >= 11 is 0. The molecule has 16 heavy (non-hydrogen) atoms. The molecule has 1 atom stereocenters. The zero-order valence-electron chi connectivity index (χ0n) is 10.8. The number of carbonyl (C=O) groups excluding carboxylic acids is 1. The third-order valence-electron chi connectivity index (χ3n) is 2.98. The zero-order valence-corrected chi connectivity index (χ0v) is 10.8. The van der Waals surface area contributed by atoms with E-state index in [-0.39, 0.29) is 11.8 Å². The Kier molecular flexibility index (Phi) is 4.25. The van der Waals surface area contributed by atoms with Gasteiger partial charge in [-0.05, 0) is 43.5 Å². The number of ketones is 1. The van der Waals surface area contributed by atoms with E-state index >= 15 is 0 Å². The fourth-order valence-corrected chi connectivity index (χ4v) is 1.91. The lowest BCUT2D eigenvalue weighted by Crippen LogP contribution is -2.24. The summed E-state index contributed by atoms with van der Waals surface area (Å²) in [6.07, 6.45) is 0. The van der Waals surface area contributed by atoms with Crippen molar-refractivity contribution < 1.29 is 4.79 Å². The van der Waals surface area contributed by atoms with Crippen molar-refractivity contribution in [2.24, 2.45) is 0 Å². The zero-order chi connectivity index (χ0) is 12.3. The van der Waals surface area contributed by atoms with Crippen LogP contribution in [0, 0.1) is 6.92 Å². The van der Waals surface area contributed by atoms with Crippen LogP contribution < -0.4 is 5.32 Å². The Morgan fingerprint density at radius 3 is 2.38 bits per heavy atom. The van der Waals surface area contributed by atoms with Gasteiger partial charge in [-0.25, -0.2) is 0 Å². The third-order valence-corrected chi connectivity index (χ3v) is 2.98. The predicted molar refractivity (Wildman–Crippen MR) is 67.7 cm³/mol. The molecule has 0 aliphatic heterocycles. The first-order chi connectivity index (χ1) is 7.47. The highest BCUT2D eigenvalue weighted by molar-refractivity contribution is 5.83. The van der Waals surface area contributed by atoms with Gasteiger partial charge in [-0.2, -0.15) is 0 Å². The van der Waals surface area contributed by atoms with Crippen LogP contribution in [-0.2, 0) is 4.79 Å². The molecule has 0 saturated heterocycles. The van der Waals surface area contributed by atoms with Crippen LogP contribution >= 0.6 is 0 Å². The summed E-state index contributed by atoms with van der Waals surface area (Å²) in [5, 5.41) is 3.08. The van der Waals surface area contributed by atoms with Gasteiger partial charge in [0.2, 0.25) is 0 Å². The van der Waals surface area contributed by atoms with Gasteiger partial charge in [0.05, 0.1) is 6.04 Å². The van der Waals surface area contributed by atoms with Gasteiger partial charge in [-0.3, -0.25) is 4.79 Å². The maximum atomic E-state index is 11.5. The number of rotatable bonds is 4. The Morgan fingerprint density at radius 2 is 1.94 bits per heavy atom. The highest BCUT2D eigenvalue weighted by Gasteiger charge is 2.17. The Balaban J connectivity index is 3.19. The first-order valence-electron chi connectivity index (χ1n) is 5.75. The molecule has 0 saturated carbocycles. The van der Waals surface area contributed by atoms with E-state index in [2.05, 4.69) is 37.4 Å². The fourth-order valence-electron chi connectivity index (χ4n) is 1.91. The molecule has 1 aromatic carbocycles. The van der Waals surface area contributed by atoms with Crippen LogP contribution in [0.25, 0.3) is 0 Å². The topological polar surface area (TPSA) is 29.1 Å². The maximum absolute atomic E-state index is 11.5. The molecule has 0 bridgehead atoms. The highest BCUT2D eigenvalue weighted by atomic mass is 16.1. The van der Waals surface area contributed by atoms with Crippen molar-refractivity contribution in [3.63, 3.8) is 0 Å². The number of carbonyl (C=O) groups is 1. The second-order valence-corrected chi connectivity index (χ2v) is 4.60. The lowest BCUT2D eigenvalue weighted by atomic mass is 9.93. The van der Waals surface area contributed by atoms with Crippen molar-refractivity contribution >= 4 is 5.78 Å². The molecule has 1 rings (SSSR count). The minimum Gasteiger partial charge on any atom is -0.307 e. The molecule has 88 valence electrons. The van der Waals surface area contributed by atoms with E-state index in [1.807, 2.05) is 14.0 Å². The molecule has 2 nitrogen and oxygen atoms in total. The van der Waals surface area contributed by atoms with Crippen molar-refractivity contribution in [3.8, 4) is 0 Å². The summed E-state index contributed by atoms with van der Waals surface area (Å²) in [5.74, 6) is 0.648. The Morgan fingerprint density at radius 1 is 1.31 bits per heavy atom. The number of benzene rings is 1. The average molecular weight is 219 g/mol. The van der Waals surface area contributed by atoms with Crippen LogP contribution in [0.1, 0.15) is 49.4 Å². The van der Waals surface area contributed by atoms with Crippen LogP contribution in [-0.4, -0.2) is 12.8 Å². The normalized spacial score (nSPS) is 12.9. The van der Waals surface area contributed by atoms with E-state index in [9.17, 15) is 4.79 Å². The largest absolute Gasteiger partial charge is 0.307 e. The van der Waals surface area contributed by atoms with E-state index in [1.165, 1.54) is 11.1 Å². The monoisotopic (exact) mass is 219 g/mol. The lowest BCUT2D eigenvalue weighted by molar-refractivity contribution is -0.119. The molecule has 0 amide bonds. The molecular weight excluding hydrogens is 198 g/mol. The molecule has 0 heterocycles. The molecule has 0 aromatic heterocycles. The van der Waals surface area contributed by atoms with Crippen molar-refractivity contribution in [3.05, 3.63) is 34.9 Å². The standard InChI is InChI=1S/C14H21NO/c1-9(2)12-7-6-10(3)13(8-12)14(15-5)11(4)16/h6-9,14-15H,1-5H3. The van der Waals surface area contributed by atoms with Crippen molar-refractivity contribution in [2.75, 3.05) is 7.05 Å². The SMILES string of the molecule is CNC(C(C)=O)c1cc(C(C)C)ccc1C. The Labute approximate surface area is 98.1 Å². The van der Waals surface area contributed by atoms with Gasteiger partial charge in [0.15, 0.2) is 5.78 Å². The van der Waals surface area contributed by atoms with Crippen LogP contribution in [0.3, 0.4) is 0 Å². The molecule has 1 unspecified atom stereocenters. The summed E-state index contributed by atoms with van der Waals surface area (Å²) in [4.78, 5) is 11.5. The number of Topliss-reactive ketones (excluding diaryl/α,β-unsaturated/α-hetero) is 1.